The fourth-order valence-electron chi connectivity index (χ4n) is 1.57. The van der Waals surface area contributed by atoms with Crippen LogP contribution in [0.2, 0.25) is 5.15 Å². The summed E-state index contributed by atoms with van der Waals surface area (Å²) in [5, 5.41) is 2.86. The van der Waals surface area contributed by atoms with E-state index in [2.05, 4.69) is 31.2 Å². The van der Waals surface area contributed by atoms with Crippen molar-refractivity contribution in [1.82, 2.24) is 9.97 Å². The number of carbonyl (C=O) groups excluding carboxylic acids is 1. The summed E-state index contributed by atoms with van der Waals surface area (Å²) in [4.78, 5) is 20.3. The van der Waals surface area contributed by atoms with E-state index in [4.69, 9.17) is 16.3 Å². The fraction of sp³-hybridized carbons (Fsp3) is 0.214. The summed E-state index contributed by atoms with van der Waals surface area (Å²) >= 11 is 9.20. The Morgan fingerprint density at radius 3 is 2.90 bits per heavy atom. The van der Waals surface area contributed by atoms with Gasteiger partial charge in [0.1, 0.15) is 10.8 Å². The molecular formula is C14H13BrClN3O2. The van der Waals surface area contributed by atoms with Crippen molar-refractivity contribution in [3.63, 3.8) is 0 Å². The maximum absolute atomic E-state index is 12.3. The summed E-state index contributed by atoms with van der Waals surface area (Å²) in [6, 6.07) is 5.02. The Morgan fingerprint density at radius 1 is 1.43 bits per heavy atom. The van der Waals surface area contributed by atoms with Gasteiger partial charge >= 0.3 is 0 Å². The lowest BCUT2D eigenvalue weighted by atomic mass is 10.2. The molecule has 21 heavy (non-hydrogen) atoms. The minimum Gasteiger partial charge on any atom is -0.473 e. The molecule has 0 unspecified atom stereocenters. The van der Waals surface area contributed by atoms with Crippen molar-refractivity contribution >= 4 is 39.1 Å². The molecule has 1 N–H and O–H groups in total. The van der Waals surface area contributed by atoms with Crippen molar-refractivity contribution in [3.8, 4) is 5.88 Å². The zero-order valence-corrected chi connectivity index (χ0v) is 13.8. The molecule has 0 spiro atoms. The van der Waals surface area contributed by atoms with E-state index >= 15 is 0 Å². The van der Waals surface area contributed by atoms with E-state index in [0.717, 1.165) is 0 Å². The second-order valence-corrected chi connectivity index (χ2v) is 5.74. The molecular weight excluding hydrogens is 358 g/mol. The van der Waals surface area contributed by atoms with E-state index in [-0.39, 0.29) is 22.7 Å². The topological polar surface area (TPSA) is 64.1 Å². The summed E-state index contributed by atoms with van der Waals surface area (Å²) in [6.07, 6.45) is 3.07. The minimum absolute atomic E-state index is 0.0494. The van der Waals surface area contributed by atoms with Crippen molar-refractivity contribution in [3.05, 3.63) is 45.8 Å². The Hall–Kier alpha value is -1.66. The first kappa shape index (κ1) is 15.7. The Kier molecular flexibility index (Phi) is 5.14. The molecule has 0 saturated carbocycles. The average Bonchev–Trinajstić information content (AvgIpc) is 2.43. The highest BCUT2D eigenvalue weighted by Gasteiger charge is 2.15. The van der Waals surface area contributed by atoms with Gasteiger partial charge in [0, 0.05) is 16.9 Å². The zero-order valence-electron chi connectivity index (χ0n) is 11.4. The standard InChI is InChI=1S/C14H13BrClN3O2/c1-8(2)21-14-11(4-3-5-17-14)19-13(20)10-6-9(15)7-18-12(10)16/h3-8H,1-2H3,(H,19,20). The maximum atomic E-state index is 12.3. The molecule has 0 aliphatic rings. The molecule has 0 saturated heterocycles. The molecule has 2 rings (SSSR count). The van der Waals surface area contributed by atoms with Gasteiger partial charge < -0.3 is 10.1 Å². The number of ether oxygens (including phenoxy) is 1. The van der Waals surface area contributed by atoms with Crippen molar-refractivity contribution in [2.24, 2.45) is 0 Å². The largest absolute Gasteiger partial charge is 0.473 e. The maximum Gasteiger partial charge on any atom is 0.258 e. The SMILES string of the molecule is CC(C)Oc1ncccc1NC(=O)c1cc(Br)cnc1Cl. The van der Waals surface area contributed by atoms with E-state index in [1.54, 1.807) is 24.4 Å². The molecule has 7 heteroatoms. The minimum atomic E-state index is -0.379. The molecule has 2 aromatic heterocycles. The monoisotopic (exact) mass is 369 g/mol. The van der Waals surface area contributed by atoms with Crippen LogP contribution < -0.4 is 10.1 Å². The molecule has 0 bridgehead atoms. The molecule has 0 fully saturated rings. The van der Waals surface area contributed by atoms with Crippen molar-refractivity contribution in [1.29, 1.82) is 0 Å². The number of halogens is 2. The number of nitrogens with zero attached hydrogens (tertiary/aromatic N) is 2. The third kappa shape index (κ3) is 4.15. The predicted octanol–water partition coefficient (Wildman–Crippen LogP) is 3.93. The van der Waals surface area contributed by atoms with E-state index < -0.39 is 0 Å². The highest BCUT2D eigenvalue weighted by atomic mass is 79.9. The summed E-state index contributed by atoms with van der Waals surface area (Å²) in [6.45, 7) is 3.77. The second-order valence-electron chi connectivity index (χ2n) is 4.47. The number of rotatable bonds is 4. The first-order chi connectivity index (χ1) is 9.97. The lowest BCUT2D eigenvalue weighted by Gasteiger charge is -2.13. The first-order valence-corrected chi connectivity index (χ1v) is 7.38. The quantitative estimate of drug-likeness (QED) is 0.828. The van der Waals surface area contributed by atoms with Gasteiger partial charge in [0.2, 0.25) is 5.88 Å². The zero-order chi connectivity index (χ0) is 15.4. The molecule has 0 aliphatic heterocycles. The van der Waals surface area contributed by atoms with Crippen LogP contribution in [0.25, 0.3) is 0 Å². The number of amides is 1. The van der Waals surface area contributed by atoms with Crippen LogP contribution >= 0.6 is 27.5 Å². The smallest absolute Gasteiger partial charge is 0.258 e. The third-order valence-corrected chi connectivity index (χ3v) is 3.15. The summed E-state index contributed by atoms with van der Waals surface area (Å²) in [5.74, 6) is -0.0182. The number of aromatic nitrogens is 2. The van der Waals surface area contributed by atoms with E-state index in [0.29, 0.717) is 16.0 Å². The van der Waals surface area contributed by atoms with Crippen molar-refractivity contribution in [2.75, 3.05) is 5.32 Å². The number of pyridine rings is 2. The van der Waals surface area contributed by atoms with Crippen LogP contribution in [0.1, 0.15) is 24.2 Å². The van der Waals surface area contributed by atoms with Crippen LogP contribution in [-0.4, -0.2) is 22.0 Å². The van der Waals surface area contributed by atoms with Gasteiger partial charge in [-0.05, 0) is 48.0 Å². The first-order valence-electron chi connectivity index (χ1n) is 6.21. The Bertz CT molecular complexity index is 664. The van der Waals surface area contributed by atoms with Gasteiger partial charge in [-0.25, -0.2) is 9.97 Å². The Labute approximate surface area is 135 Å². The summed E-state index contributed by atoms with van der Waals surface area (Å²) < 4.78 is 6.22. The van der Waals surface area contributed by atoms with Gasteiger partial charge in [0.15, 0.2) is 0 Å². The molecule has 2 aromatic rings. The predicted molar refractivity (Wildman–Crippen MR) is 84.9 cm³/mol. The second kappa shape index (κ2) is 6.87. The summed E-state index contributed by atoms with van der Waals surface area (Å²) in [7, 11) is 0. The molecule has 110 valence electrons. The number of nitrogens with one attached hydrogen (secondary N) is 1. The molecule has 0 aliphatic carbocycles. The molecule has 0 atom stereocenters. The number of hydrogen-bond donors (Lipinski definition) is 1. The van der Waals surface area contributed by atoms with Crippen LogP contribution in [-0.2, 0) is 0 Å². The molecule has 5 nitrogen and oxygen atoms in total. The van der Waals surface area contributed by atoms with Crippen LogP contribution in [0.3, 0.4) is 0 Å². The average molecular weight is 371 g/mol. The number of carbonyl (C=O) groups is 1. The molecule has 0 aromatic carbocycles. The van der Waals surface area contributed by atoms with Gasteiger partial charge in [0.05, 0.1) is 11.7 Å². The number of hydrogen-bond acceptors (Lipinski definition) is 4. The van der Waals surface area contributed by atoms with Crippen LogP contribution in [0.5, 0.6) is 5.88 Å². The Morgan fingerprint density at radius 2 is 2.19 bits per heavy atom. The fourth-order valence-corrected chi connectivity index (χ4v) is 2.10. The van der Waals surface area contributed by atoms with Gasteiger partial charge in [0.25, 0.3) is 5.91 Å². The highest BCUT2D eigenvalue weighted by molar-refractivity contribution is 9.10. The van der Waals surface area contributed by atoms with Gasteiger partial charge in [-0.2, -0.15) is 0 Å². The third-order valence-electron chi connectivity index (χ3n) is 2.42. The van der Waals surface area contributed by atoms with Gasteiger partial charge in [-0.3, -0.25) is 4.79 Å². The lowest BCUT2D eigenvalue weighted by Crippen LogP contribution is -2.16. The molecule has 0 radical (unpaired) electrons. The van der Waals surface area contributed by atoms with Crippen molar-refractivity contribution in [2.45, 2.75) is 20.0 Å². The van der Waals surface area contributed by atoms with E-state index in [1.165, 1.54) is 6.20 Å². The molecule has 1 amide bonds. The Balaban J connectivity index is 2.25. The lowest BCUT2D eigenvalue weighted by molar-refractivity contribution is 0.102. The van der Waals surface area contributed by atoms with Crippen molar-refractivity contribution < 1.29 is 9.53 Å². The van der Waals surface area contributed by atoms with Gasteiger partial charge in [-0.15, -0.1) is 0 Å². The summed E-state index contributed by atoms with van der Waals surface area (Å²) in [5.41, 5.74) is 0.748. The van der Waals surface area contributed by atoms with Crippen LogP contribution in [0, 0.1) is 0 Å². The van der Waals surface area contributed by atoms with Gasteiger partial charge in [-0.1, -0.05) is 11.6 Å². The van der Waals surface area contributed by atoms with Crippen LogP contribution in [0.4, 0.5) is 5.69 Å². The normalized spacial score (nSPS) is 10.5. The number of anilines is 1. The van der Waals surface area contributed by atoms with Crippen LogP contribution in [0.15, 0.2) is 35.1 Å². The molecule has 2 heterocycles. The highest BCUT2D eigenvalue weighted by Crippen LogP contribution is 2.24. The van der Waals surface area contributed by atoms with E-state index in [9.17, 15) is 4.79 Å². The van der Waals surface area contributed by atoms with E-state index in [1.807, 2.05) is 13.8 Å².